The minimum absolute atomic E-state index is 0.0549. The van der Waals surface area contributed by atoms with Crippen LogP contribution in [0.15, 0.2) is 164 Å². The molecule has 0 saturated carbocycles. The molecule has 4 heteroatoms. The second-order valence-corrected chi connectivity index (χ2v) is 14.3. The number of imide groups is 1. The molecule has 8 rings (SSSR count). The van der Waals surface area contributed by atoms with E-state index >= 15 is 0 Å². The summed E-state index contributed by atoms with van der Waals surface area (Å²) in [7, 11) is 0. The number of carbonyl (C=O) groups excluding carboxylic acids is 2. The van der Waals surface area contributed by atoms with Crippen molar-refractivity contribution in [2.24, 2.45) is 0 Å². The van der Waals surface area contributed by atoms with E-state index in [0.717, 1.165) is 50.3 Å². The molecule has 2 amide bonds. The Balaban J connectivity index is 1.21. The van der Waals surface area contributed by atoms with Crippen LogP contribution in [0.4, 0.5) is 22.7 Å². The zero-order valence-electron chi connectivity index (χ0n) is 30.3. The molecule has 0 N–H and O–H groups in total. The molecule has 7 aromatic carbocycles. The van der Waals surface area contributed by atoms with Crippen LogP contribution < -0.4 is 9.80 Å². The molecule has 1 aliphatic heterocycles. The highest BCUT2D eigenvalue weighted by Crippen LogP contribution is 2.43. The zero-order valence-corrected chi connectivity index (χ0v) is 30.3. The van der Waals surface area contributed by atoms with E-state index in [9.17, 15) is 9.59 Å². The molecule has 0 unspecified atom stereocenters. The Morgan fingerprint density at radius 3 is 1.41 bits per heavy atom. The summed E-state index contributed by atoms with van der Waals surface area (Å²) in [6.45, 7) is 6.42. The fraction of sp³-hybridized carbons (Fsp3) is 0.0800. The van der Waals surface area contributed by atoms with E-state index in [-0.39, 0.29) is 17.2 Å². The number of amides is 2. The molecule has 0 atom stereocenters. The lowest BCUT2D eigenvalue weighted by Crippen LogP contribution is -2.40. The van der Waals surface area contributed by atoms with E-state index in [4.69, 9.17) is 0 Å². The third-order valence-electron chi connectivity index (χ3n) is 9.62. The van der Waals surface area contributed by atoms with Gasteiger partial charge in [0.1, 0.15) is 0 Å². The Labute approximate surface area is 316 Å². The first kappa shape index (κ1) is 34.0. The molecule has 1 heterocycles. The highest BCUT2D eigenvalue weighted by Gasteiger charge is 2.35. The van der Waals surface area contributed by atoms with Crippen molar-refractivity contribution in [3.05, 3.63) is 203 Å². The first-order valence-corrected chi connectivity index (χ1v) is 17.9. The lowest BCUT2D eigenvalue weighted by Gasteiger charge is -2.31. The summed E-state index contributed by atoms with van der Waals surface area (Å²) < 4.78 is 0. The quantitative estimate of drug-likeness (QED) is 0.136. The molecular weight excluding hydrogens is 661 g/mol. The standard InChI is InChI=1S/C50H36N2O2/c1-50(2,3)39-25-31-42(32-26-39)52-48(53)44-16-10-15-43-46(34-33-45(47(43)44)49(52)54)51(40-27-21-37(22-28-40)19-17-35-11-6-4-7-12-35)41-29-23-38(24-30-41)20-18-36-13-8-5-9-14-36/h4-16,21-34H,1-3H3. The van der Waals surface area contributed by atoms with E-state index in [1.165, 1.54) is 4.90 Å². The van der Waals surface area contributed by atoms with Gasteiger partial charge in [-0.3, -0.25) is 9.59 Å². The number of anilines is 4. The van der Waals surface area contributed by atoms with Crippen LogP contribution in [0.25, 0.3) is 10.8 Å². The number of hydrogen-bond acceptors (Lipinski definition) is 3. The fourth-order valence-electron chi connectivity index (χ4n) is 6.77. The van der Waals surface area contributed by atoms with E-state index in [2.05, 4.69) is 49.4 Å². The molecule has 0 aliphatic carbocycles. The largest absolute Gasteiger partial charge is 0.310 e. The molecule has 0 saturated heterocycles. The van der Waals surface area contributed by atoms with Crippen LogP contribution in [0.5, 0.6) is 0 Å². The van der Waals surface area contributed by atoms with Crippen LogP contribution in [0.2, 0.25) is 0 Å². The normalized spacial score (nSPS) is 12.1. The lowest BCUT2D eigenvalue weighted by atomic mass is 9.87. The molecule has 4 nitrogen and oxygen atoms in total. The molecule has 258 valence electrons. The zero-order chi connectivity index (χ0) is 37.2. The molecule has 0 fully saturated rings. The number of nitrogens with zero attached hydrogens (tertiary/aromatic N) is 2. The van der Waals surface area contributed by atoms with Gasteiger partial charge in [0, 0.05) is 55.5 Å². The van der Waals surface area contributed by atoms with Gasteiger partial charge >= 0.3 is 0 Å². The molecule has 0 radical (unpaired) electrons. The van der Waals surface area contributed by atoms with Crippen LogP contribution >= 0.6 is 0 Å². The van der Waals surface area contributed by atoms with Gasteiger partial charge < -0.3 is 4.90 Å². The third-order valence-corrected chi connectivity index (χ3v) is 9.62. The fourth-order valence-corrected chi connectivity index (χ4v) is 6.77. The van der Waals surface area contributed by atoms with Gasteiger partial charge in [-0.1, -0.05) is 105 Å². The SMILES string of the molecule is CC(C)(C)c1ccc(N2C(=O)c3cccc4c(N(c5ccc(C#Cc6ccccc6)cc5)c5ccc(C#Cc6ccccc6)cc5)ccc(c34)C2=O)cc1. The maximum Gasteiger partial charge on any atom is 0.265 e. The number of carbonyl (C=O) groups is 2. The van der Waals surface area contributed by atoms with Crippen LogP contribution in [-0.2, 0) is 5.41 Å². The first-order chi connectivity index (χ1) is 26.2. The van der Waals surface area contributed by atoms with Gasteiger partial charge in [0.25, 0.3) is 11.8 Å². The summed E-state index contributed by atoms with van der Waals surface area (Å²) in [5, 5.41) is 1.45. The van der Waals surface area contributed by atoms with Gasteiger partial charge in [-0.15, -0.1) is 0 Å². The third kappa shape index (κ3) is 6.66. The molecule has 0 aromatic heterocycles. The van der Waals surface area contributed by atoms with Crippen molar-refractivity contribution in [2.45, 2.75) is 26.2 Å². The van der Waals surface area contributed by atoms with Crippen LogP contribution in [-0.4, -0.2) is 11.8 Å². The van der Waals surface area contributed by atoms with Gasteiger partial charge in [0.05, 0.1) is 11.4 Å². The Morgan fingerprint density at radius 2 is 0.926 bits per heavy atom. The minimum atomic E-state index is -0.340. The summed E-state index contributed by atoms with van der Waals surface area (Å²) in [4.78, 5) is 31.8. The molecule has 54 heavy (non-hydrogen) atoms. The highest BCUT2D eigenvalue weighted by atomic mass is 16.2. The predicted molar refractivity (Wildman–Crippen MR) is 220 cm³/mol. The van der Waals surface area contributed by atoms with Crippen LogP contribution in [0.3, 0.4) is 0 Å². The molecular formula is C50H36N2O2. The number of hydrogen-bond donors (Lipinski definition) is 0. The number of rotatable bonds is 4. The van der Waals surface area contributed by atoms with Gasteiger partial charge in [-0.05, 0) is 114 Å². The van der Waals surface area contributed by atoms with Crippen molar-refractivity contribution in [3.8, 4) is 23.7 Å². The minimum Gasteiger partial charge on any atom is -0.310 e. The summed E-state index contributed by atoms with van der Waals surface area (Å²) in [6, 6.07) is 53.3. The second kappa shape index (κ2) is 14.1. The summed E-state index contributed by atoms with van der Waals surface area (Å²) in [5.74, 6) is 12.4. The molecule has 0 bridgehead atoms. The maximum absolute atomic E-state index is 14.2. The summed E-state index contributed by atoms with van der Waals surface area (Å²) in [5.41, 5.74) is 8.92. The molecule has 0 spiro atoms. The average Bonchev–Trinajstić information content (AvgIpc) is 3.20. The van der Waals surface area contributed by atoms with Crippen molar-refractivity contribution in [1.82, 2.24) is 0 Å². The van der Waals surface area contributed by atoms with Crippen molar-refractivity contribution in [1.29, 1.82) is 0 Å². The van der Waals surface area contributed by atoms with E-state index in [1.54, 1.807) is 0 Å². The average molecular weight is 697 g/mol. The monoisotopic (exact) mass is 696 g/mol. The molecule has 1 aliphatic rings. The van der Waals surface area contributed by atoms with Gasteiger partial charge in [-0.25, -0.2) is 4.90 Å². The highest BCUT2D eigenvalue weighted by molar-refractivity contribution is 6.36. The lowest BCUT2D eigenvalue weighted by molar-refractivity contribution is 0.0893. The van der Waals surface area contributed by atoms with Crippen molar-refractivity contribution < 1.29 is 9.59 Å². The number of benzene rings is 7. The van der Waals surface area contributed by atoms with E-state index < -0.39 is 0 Å². The van der Waals surface area contributed by atoms with E-state index in [0.29, 0.717) is 22.2 Å². The van der Waals surface area contributed by atoms with Gasteiger partial charge in [0.2, 0.25) is 0 Å². The second-order valence-electron chi connectivity index (χ2n) is 14.3. The van der Waals surface area contributed by atoms with E-state index in [1.807, 2.05) is 164 Å². The Morgan fingerprint density at radius 1 is 0.463 bits per heavy atom. The van der Waals surface area contributed by atoms with Gasteiger partial charge in [0.15, 0.2) is 0 Å². The smallest absolute Gasteiger partial charge is 0.265 e. The first-order valence-electron chi connectivity index (χ1n) is 17.9. The van der Waals surface area contributed by atoms with Crippen LogP contribution in [0, 0.1) is 23.7 Å². The Kier molecular flexibility index (Phi) is 8.88. The molecule has 7 aromatic rings. The van der Waals surface area contributed by atoms with Crippen LogP contribution in [0.1, 0.15) is 69.3 Å². The summed E-state index contributed by atoms with van der Waals surface area (Å²) in [6.07, 6.45) is 0. The Bertz CT molecular complexity index is 2530. The van der Waals surface area contributed by atoms with Crippen molar-refractivity contribution in [3.63, 3.8) is 0 Å². The maximum atomic E-state index is 14.2. The topological polar surface area (TPSA) is 40.6 Å². The van der Waals surface area contributed by atoms with Gasteiger partial charge in [-0.2, -0.15) is 0 Å². The van der Waals surface area contributed by atoms with Crippen molar-refractivity contribution in [2.75, 3.05) is 9.80 Å². The van der Waals surface area contributed by atoms with Crippen molar-refractivity contribution >= 4 is 45.3 Å². The predicted octanol–water partition coefficient (Wildman–Crippen LogP) is 11.2. The summed E-state index contributed by atoms with van der Waals surface area (Å²) >= 11 is 0. The Hall–Kier alpha value is -7.14.